The molecule has 1 aromatic carbocycles. The smallest absolute Gasteiger partial charge is 0.395 e. The molecule has 1 aliphatic heterocycles. The number of benzene rings is 1. The lowest BCUT2D eigenvalue weighted by molar-refractivity contribution is -0.286. The van der Waals surface area contributed by atoms with Crippen LogP contribution in [0.4, 0.5) is 14.5 Å². The SMILES string of the molecule is CC(C)(CN)C(=O)Nc1ccc2c(c1)OC(F)(F)O2.Cl. The highest BCUT2D eigenvalue weighted by Gasteiger charge is 2.43. The predicted molar refractivity (Wildman–Crippen MR) is 71.4 cm³/mol. The van der Waals surface area contributed by atoms with Crippen LogP contribution in [0.5, 0.6) is 11.5 Å². The summed E-state index contributed by atoms with van der Waals surface area (Å²) in [5, 5.41) is 2.59. The van der Waals surface area contributed by atoms with Gasteiger partial charge in [-0.1, -0.05) is 0 Å². The molecule has 20 heavy (non-hydrogen) atoms. The predicted octanol–water partition coefficient (Wildman–Crippen LogP) is 2.35. The molecule has 8 heteroatoms. The second-order valence-corrected chi connectivity index (χ2v) is 4.87. The maximum atomic E-state index is 12.8. The van der Waals surface area contributed by atoms with Crippen molar-refractivity contribution >= 4 is 24.0 Å². The summed E-state index contributed by atoms with van der Waals surface area (Å²) in [5.41, 5.74) is 5.07. The summed E-state index contributed by atoms with van der Waals surface area (Å²) < 4.78 is 34.2. The molecular formula is C12H15ClF2N2O3. The van der Waals surface area contributed by atoms with E-state index in [1.807, 2.05) is 0 Å². The van der Waals surface area contributed by atoms with Crippen molar-refractivity contribution < 1.29 is 23.0 Å². The van der Waals surface area contributed by atoms with Crippen molar-refractivity contribution in [3.63, 3.8) is 0 Å². The van der Waals surface area contributed by atoms with Gasteiger partial charge in [0, 0.05) is 18.3 Å². The lowest BCUT2D eigenvalue weighted by Gasteiger charge is -2.21. The summed E-state index contributed by atoms with van der Waals surface area (Å²) in [6, 6.07) is 4.04. The molecule has 1 aliphatic rings. The Kier molecular flexibility index (Phi) is 4.45. The van der Waals surface area contributed by atoms with E-state index in [1.54, 1.807) is 13.8 Å². The van der Waals surface area contributed by atoms with Crippen molar-refractivity contribution in [2.45, 2.75) is 20.1 Å². The molecule has 0 bridgehead atoms. The van der Waals surface area contributed by atoms with E-state index in [0.717, 1.165) is 0 Å². The van der Waals surface area contributed by atoms with Gasteiger partial charge in [-0.25, -0.2) is 0 Å². The molecule has 0 saturated heterocycles. The van der Waals surface area contributed by atoms with Crippen LogP contribution in [0.3, 0.4) is 0 Å². The molecular weight excluding hydrogens is 294 g/mol. The Morgan fingerprint density at radius 3 is 2.55 bits per heavy atom. The average molecular weight is 309 g/mol. The maximum Gasteiger partial charge on any atom is 0.586 e. The Balaban J connectivity index is 0.00000200. The Morgan fingerprint density at radius 2 is 1.95 bits per heavy atom. The van der Waals surface area contributed by atoms with E-state index in [1.165, 1.54) is 18.2 Å². The van der Waals surface area contributed by atoms with Crippen LogP contribution in [0.25, 0.3) is 0 Å². The number of alkyl halides is 2. The zero-order valence-corrected chi connectivity index (χ0v) is 11.7. The zero-order chi connectivity index (χ0) is 14.3. The largest absolute Gasteiger partial charge is 0.586 e. The van der Waals surface area contributed by atoms with Crippen LogP contribution in [0.15, 0.2) is 18.2 Å². The highest BCUT2D eigenvalue weighted by atomic mass is 35.5. The highest BCUT2D eigenvalue weighted by molar-refractivity contribution is 5.95. The Bertz CT molecular complexity index is 523. The summed E-state index contributed by atoms with van der Waals surface area (Å²) in [4.78, 5) is 11.9. The van der Waals surface area contributed by atoms with E-state index in [2.05, 4.69) is 14.8 Å². The molecule has 3 N–H and O–H groups in total. The first-order chi connectivity index (χ1) is 8.73. The number of anilines is 1. The number of carbonyl (C=O) groups is 1. The summed E-state index contributed by atoms with van der Waals surface area (Å²) >= 11 is 0. The number of halogens is 3. The fraction of sp³-hybridized carbons (Fsp3) is 0.417. The zero-order valence-electron chi connectivity index (χ0n) is 10.9. The van der Waals surface area contributed by atoms with Gasteiger partial charge in [0.2, 0.25) is 5.91 Å². The van der Waals surface area contributed by atoms with E-state index >= 15 is 0 Å². The first-order valence-corrected chi connectivity index (χ1v) is 5.65. The summed E-state index contributed by atoms with van der Waals surface area (Å²) in [6.07, 6.45) is -3.67. The normalized spacial score (nSPS) is 15.4. The van der Waals surface area contributed by atoms with Crippen LogP contribution < -0.4 is 20.5 Å². The summed E-state index contributed by atoms with van der Waals surface area (Å²) in [6.45, 7) is 3.54. The van der Waals surface area contributed by atoms with Crippen LogP contribution in [-0.4, -0.2) is 18.7 Å². The van der Waals surface area contributed by atoms with Gasteiger partial charge in [-0.3, -0.25) is 4.79 Å². The number of amides is 1. The lowest BCUT2D eigenvalue weighted by atomic mass is 9.92. The highest BCUT2D eigenvalue weighted by Crippen LogP contribution is 2.42. The first kappa shape index (κ1) is 16.5. The molecule has 0 aliphatic carbocycles. The second kappa shape index (κ2) is 5.41. The number of carbonyl (C=O) groups excluding carboxylic acids is 1. The third-order valence-electron chi connectivity index (χ3n) is 2.78. The molecule has 0 fully saturated rings. The second-order valence-electron chi connectivity index (χ2n) is 4.87. The van der Waals surface area contributed by atoms with E-state index in [-0.39, 0.29) is 36.4 Å². The Hall–Kier alpha value is -1.60. The quantitative estimate of drug-likeness (QED) is 0.899. The summed E-state index contributed by atoms with van der Waals surface area (Å²) in [5.74, 6) is -0.491. The Labute approximate surface area is 120 Å². The van der Waals surface area contributed by atoms with Gasteiger partial charge in [0.25, 0.3) is 0 Å². The van der Waals surface area contributed by atoms with Crippen molar-refractivity contribution in [3.05, 3.63) is 18.2 Å². The maximum absolute atomic E-state index is 12.8. The molecule has 0 radical (unpaired) electrons. The van der Waals surface area contributed by atoms with Crippen molar-refractivity contribution in [3.8, 4) is 11.5 Å². The number of hydrogen-bond acceptors (Lipinski definition) is 4. The molecule has 0 aromatic heterocycles. The van der Waals surface area contributed by atoms with Crippen molar-refractivity contribution in [2.24, 2.45) is 11.1 Å². The van der Waals surface area contributed by atoms with E-state index in [0.29, 0.717) is 5.69 Å². The van der Waals surface area contributed by atoms with Gasteiger partial charge in [0.1, 0.15) is 0 Å². The van der Waals surface area contributed by atoms with Gasteiger partial charge in [0.15, 0.2) is 11.5 Å². The molecule has 2 rings (SSSR count). The topological polar surface area (TPSA) is 73.6 Å². The molecule has 1 amide bonds. The minimum Gasteiger partial charge on any atom is -0.395 e. The van der Waals surface area contributed by atoms with Crippen LogP contribution in [0, 0.1) is 5.41 Å². The minimum atomic E-state index is -3.67. The van der Waals surface area contributed by atoms with Crippen LogP contribution in [-0.2, 0) is 4.79 Å². The number of ether oxygens (including phenoxy) is 2. The molecule has 0 saturated carbocycles. The van der Waals surface area contributed by atoms with Gasteiger partial charge in [-0.05, 0) is 26.0 Å². The number of nitrogens with one attached hydrogen (secondary N) is 1. The molecule has 5 nitrogen and oxygen atoms in total. The number of rotatable bonds is 3. The minimum absolute atomic E-state index is 0. The lowest BCUT2D eigenvalue weighted by Crippen LogP contribution is -2.37. The third-order valence-corrected chi connectivity index (χ3v) is 2.78. The van der Waals surface area contributed by atoms with Gasteiger partial charge >= 0.3 is 6.29 Å². The van der Waals surface area contributed by atoms with E-state index in [9.17, 15) is 13.6 Å². The van der Waals surface area contributed by atoms with Gasteiger partial charge in [-0.2, -0.15) is 0 Å². The first-order valence-electron chi connectivity index (χ1n) is 5.65. The number of hydrogen-bond donors (Lipinski definition) is 2. The monoisotopic (exact) mass is 308 g/mol. The van der Waals surface area contributed by atoms with Gasteiger partial charge in [-0.15, -0.1) is 21.2 Å². The third kappa shape index (κ3) is 3.29. The molecule has 0 unspecified atom stereocenters. The number of nitrogens with two attached hydrogens (primary N) is 1. The number of fused-ring (bicyclic) bond motifs is 1. The van der Waals surface area contributed by atoms with Gasteiger partial charge in [0.05, 0.1) is 5.41 Å². The molecule has 0 atom stereocenters. The molecule has 1 heterocycles. The van der Waals surface area contributed by atoms with Crippen molar-refractivity contribution in [1.29, 1.82) is 0 Å². The molecule has 1 aromatic rings. The van der Waals surface area contributed by atoms with Crippen molar-refractivity contribution in [1.82, 2.24) is 0 Å². The van der Waals surface area contributed by atoms with Crippen LogP contribution in [0.2, 0.25) is 0 Å². The molecule has 0 spiro atoms. The fourth-order valence-corrected chi connectivity index (χ4v) is 1.42. The summed E-state index contributed by atoms with van der Waals surface area (Å²) in [7, 11) is 0. The molecule has 112 valence electrons. The van der Waals surface area contributed by atoms with E-state index in [4.69, 9.17) is 5.73 Å². The van der Waals surface area contributed by atoms with Gasteiger partial charge < -0.3 is 20.5 Å². The van der Waals surface area contributed by atoms with E-state index < -0.39 is 11.7 Å². The standard InChI is InChI=1S/C12H14F2N2O3.ClH/c1-11(2,6-15)10(17)16-7-3-4-8-9(5-7)19-12(13,14)18-8;/h3-5H,6,15H2,1-2H3,(H,16,17);1H. The van der Waals surface area contributed by atoms with Crippen LogP contribution >= 0.6 is 12.4 Å². The average Bonchev–Trinajstić information content (AvgIpc) is 2.62. The fourth-order valence-electron chi connectivity index (χ4n) is 1.42. The van der Waals surface area contributed by atoms with Crippen LogP contribution in [0.1, 0.15) is 13.8 Å². The Morgan fingerprint density at radius 1 is 1.35 bits per heavy atom. The van der Waals surface area contributed by atoms with Crippen molar-refractivity contribution in [2.75, 3.05) is 11.9 Å².